The number of aromatic nitrogens is 1. The average Bonchev–Trinajstić information content (AvgIpc) is 3.44. The Morgan fingerprint density at radius 1 is 1.35 bits per heavy atom. The SMILES string of the molecule is CNC(=O)c1ccc(N2CCN([C@@H]3CCC45NC4C35)CC2)cn1. The van der Waals surface area contributed by atoms with E-state index < -0.39 is 0 Å². The molecule has 1 spiro atoms. The molecule has 4 atom stereocenters. The number of carbonyl (C=O) groups is 1. The Hall–Kier alpha value is -1.66. The maximum absolute atomic E-state index is 11.6. The number of anilines is 1. The van der Waals surface area contributed by atoms with Gasteiger partial charge in [-0.05, 0) is 25.0 Å². The molecule has 5 rings (SSSR count). The molecular formula is C17H23N5O. The van der Waals surface area contributed by atoms with E-state index in [0.717, 1.165) is 49.9 Å². The molecule has 0 radical (unpaired) electrons. The van der Waals surface area contributed by atoms with Gasteiger partial charge in [0, 0.05) is 56.8 Å². The minimum Gasteiger partial charge on any atom is -0.368 e. The van der Waals surface area contributed by atoms with Gasteiger partial charge in [-0.25, -0.2) is 4.98 Å². The Balaban J connectivity index is 1.20. The van der Waals surface area contributed by atoms with Gasteiger partial charge in [0.2, 0.25) is 0 Å². The third-order valence-corrected chi connectivity index (χ3v) is 6.37. The molecule has 122 valence electrons. The van der Waals surface area contributed by atoms with E-state index >= 15 is 0 Å². The molecule has 3 heterocycles. The zero-order valence-corrected chi connectivity index (χ0v) is 13.5. The van der Waals surface area contributed by atoms with Crippen molar-refractivity contribution in [2.75, 3.05) is 38.1 Å². The fourth-order valence-corrected chi connectivity index (χ4v) is 4.89. The fraction of sp³-hybridized carbons (Fsp3) is 0.647. The first-order valence-corrected chi connectivity index (χ1v) is 8.68. The highest BCUT2D eigenvalue weighted by Gasteiger charge is 2.83. The van der Waals surface area contributed by atoms with E-state index in [0.29, 0.717) is 11.2 Å². The van der Waals surface area contributed by atoms with Crippen molar-refractivity contribution in [3.05, 3.63) is 24.0 Å². The van der Waals surface area contributed by atoms with E-state index in [4.69, 9.17) is 0 Å². The first-order chi connectivity index (χ1) is 11.2. The highest BCUT2D eigenvalue weighted by atomic mass is 16.1. The smallest absolute Gasteiger partial charge is 0.269 e. The van der Waals surface area contributed by atoms with Gasteiger partial charge in [-0.2, -0.15) is 0 Å². The summed E-state index contributed by atoms with van der Waals surface area (Å²) >= 11 is 0. The van der Waals surface area contributed by atoms with Gasteiger partial charge in [-0.15, -0.1) is 0 Å². The Bertz CT molecular complexity index is 639. The van der Waals surface area contributed by atoms with E-state index in [1.54, 1.807) is 7.05 Å². The summed E-state index contributed by atoms with van der Waals surface area (Å²) in [5, 5.41) is 6.22. The number of fused-ring (bicyclic) bond motifs is 1. The Morgan fingerprint density at radius 3 is 2.74 bits per heavy atom. The van der Waals surface area contributed by atoms with Crippen LogP contribution in [0.4, 0.5) is 5.69 Å². The lowest BCUT2D eigenvalue weighted by molar-refractivity contribution is 0.0958. The lowest BCUT2D eigenvalue weighted by Gasteiger charge is -2.40. The largest absolute Gasteiger partial charge is 0.368 e. The van der Waals surface area contributed by atoms with Gasteiger partial charge in [0.25, 0.3) is 5.91 Å². The quantitative estimate of drug-likeness (QED) is 0.773. The van der Waals surface area contributed by atoms with E-state index in [-0.39, 0.29) is 5.91 Å². The zero-order chi connectivity index (χ0) is 15.6. The number of nitrogens with one attached hydrogen (secondary N) is 2. The second-order valence-electron chi connectivity index (χ2n) is 7.30. The van der Waals surface area contributed by atoms with Crippen LogP contribution in [0.5, 0.6) is 0 Å². The minimum absolute atomic E-state index is 0.131. The van der Waals surface area contributed by atoms with Gasteiger partial charge in [0.1, 0.15) is 5.69 Å². The lowest BCUT2D eigenvalue weighted by Crippen LogP contribution is -2.51. The van der Waals surface area contributed by atoms with Crippen molar-refractivity contribution in [3.63, 3.8) is 0 Å². The second kappa shape index (κ2) is 4.68. The van der Waals surface area contributed by atoms with E-state index in [1.807, 2.05) is 18.3 Å². The first kappa shape index (κ1) is 13.7. The third kappa shape index (κ3) is 1.94. The van der Waals surface area contributed by atoms with Crippen molar-refractivity contribution in [2.24, 2.45) is 5.92 Å². The zero-order valence-electron chi connectivity index (χ0n) is 13.5. The van der Waals surface area contributed by atoms with Crippen LogP contribution < -0.4 is 15.5 Å². The molecule has 2 aliphatic heterocycles. The maximum Gasteiger partial charge on any atom is 0.269 e. The van der Waals surface area contributed by atoms with Crippen molar-refractivity contribution in [1.82, 2.24) is 20.5 Å². The normalized spacial score (nSPS) is 38.0. The fourth-order valence-electron chi connectivity index (χ4n) is 4.89. The predicted octanol–water partition coefficient (Wildman–Crippen LogP) is 0.0660. The summed E-state index contributed by atoms with van der Waals surface area (Å²) in [6.07, 6.45) is 4.58. The highest BCUT2D eigenvalue weighted by Crippen LogP contribution is 2.68. The van der Waals surface area contributed by atoms with Crippen LogP contribution in [0.3, 0.4) is 0 Å². The number of amides is 1. The number of piperazine rings is 1. The Labute approximate surface area is 136 Å². The molecule has 1 aromatic rings. The van der Waals surface area contributed by atoms with Gasteiger partial charge in [-0.3, -0.25) is 9.69 Å². The molecule has 1 amide bonds. The van der Waals surface area contributed by atoms with Gasteiger partial charge in [0.05, 0.1) is 11.9 Å². The summed E-state index contributed by atoms with van der Waals surface area (Å²) in [4.78, 5) is 20.9. The van der Waals surface area contributed by atoms with Crippen molar-refractivity contribution < 1.29 is 4.79 Å². The number of hydrogen-bond acceptors (Lipinski definition) is 5. The molecule has 2 saturated heterocycles. The first-order valence-electron chi connectivity index (χ1n) is 8.68. The van der Waals surface area contributed by atoms with Crippen molar-refractivity contribution in [3.8, 4) is 0 Å². The number of hydrogen-bond donors (Lipinski definition) is 2. The van der Waals surface area contributed by atoms with Crippen molar-refractivity contribution >= 4 is 11.6 Å². The van der Waals surface area contributed by atoms with Crippen LogP contribution in [0.25, 0.3) is 0 Å². The van der Waals surface area contributed by atoms with E-state index in [2.05, 4.69) is 25.4 Å². The monoisotopic (exact) mass is 313 g/mol. The summed E-state index contributed by atoms with van der Waals surface area (Å²) in [6, 6.07) is 5.50. The van der Waals surface area contributed by atoms with Crippen molar-refractivity contribution in [2.45, 2.75) is 30.5 Å². The predicted molar refractivity (Wildman–Crippen MR) is 87.6 cm³/mol. The van der Waals surface area contributed by atoms with Crippen molar-refractivity contribution in [1.29, 1.82) is 0 Å². The van der Waals surface area contributed by atoms with Gasteiger partial charge < -0.3 is 15.5 Å². The Kier molecular flexibility index (Phi) is 2.79. The molecule has 1 aromatic heterocycles. The number of rotatable bonds is 3. The van der Waals surface area contributed by atoms with Gasteiger partial charge in [0.15, 0.2) is 0 Å². The highest BCUT2D eigenvalue weighted by molar-refractivity contribution is 5.92. The summed E-state index contributed by atoms with van der Waals surface area (Å²) in [5.74, 6) is 0.815. The minimum atomic E-state index is -0.131. The summed E-state index contributed by atoms with van der Waals surface area (Å²) in [6.45, 7) is 4.38. The molecule has 2 aliphatic carbocycles. The van der Waals surface area contributed by atoms with Crippen LogP contribution in [0, 0.1) is 5.92 Å². The molecule has 4 fully saturated rings. The average molecular weight is 313 g/mol. The summed E-state index contributed by atoms with van der Waals surface area (Å²) in [5.41, 5.74) is 2.20. The molecule has 6 nitrogen and oxygen atoms in total. The second-order valence-corrected chi connectivity index (χ2v) is 7.30. The molecule has 2 N–H and O–H groups in total. The molecular weight excluding hydrogens is 290 g/mol. The summed E-state index contributed by atoms with van der Waals surface area (Å²) < 4.78 is 0. The van der Waals surface area contributed by atoms with Crippen LogP contribution in [-0.4, -0.2) is 66.6 Å². The van der Waals surface area contributed by atoms with E-state index in [1.165, 1.54) is 12.8 Å². The molecule has 4 aliphatic rings. The van der Waals surface area contributed by atoms with Crippen LogP contribution in [0.1, 0.15) is 23.3 Å². The van der Waals surface area contributed by atoms with E-state index in [9.17, 15) is 4.79 Å². The molecule has 3 unspecified atom stereocenters. The van der Waals surface area contributed by atoms with Crippen LogP contribution in [0.2, 0.25) is 0 Å². The summed E-state index contributed by atoms with van der Waals surface area (Å²) in [7, 11) is 1.63. The van der Waals surface area contributed by atoms with Gasteiger partial charge >= 0.3 is 0 Å². The third-order valence-electron chi connectivity index (χ3n) is 6.37. The molecule has 0 aromatic carbocycles. The lowest BCUT2D eigenvalue weighted by atomic mass is 10.1. The standard InChI is InChI=1S/C17H23N5O/c1-18-16(23)12-3-2-11(10-19-12)21-6-8-22(9-7-21)13-4-5-17-14(13)15(17)20-17/h2-3,10,13-15,20H,4-9H2,1H3,(H,18,23)/t13-,14?,15?,17?/m1/s1. The van der Waals surface area contributed by atoms with Gasteiger partial charge in [-0.1, -0.05) is 0 Å². The number of nitrogens with zero attached hydrogens (tertiary/aromatic N) is 3. The number of pyridine rings is 1. The van der Waals surface area contributed by atoms with Crippen LogP contribution in [-0.2, 0) is 0 Å². The number of carbonyl (C=O) groups excluding carboxylic acids is 1. The maximum atomic E-state index is 11.6. The molecule has 2 saturated carbocycles. The Morgan fingerprint density at radius 2 is 2.17 bits per heavy atom. The molecule has 0 bridgehead atoms. The van der Waals surface area contributed by atoms with Crippen LogP contribution >= 0.6 is 0 Å². The molecule has 23 heavy (non-hydrogen) atoms. The van der Waals surface area contributed by atoms with Crippen LogP contribution in [0.15, 0.2) is 18.3 Å². The topological polar surface area (TPSA) is 70.4 Å². The molecule has 6 heteroatoms.